The highest BCUT2D eigenvalue weighted by atomic mass is 32.1. The highest BCUT2D eigenvalue weighted by Crippen LogP contribution is 2.39. The molecule has 0 radical (unpaired) electrons. The number of fused-ring (bicyclic) bond motifs is 1. The fraction of sp³-hybridized carbons (Fsp3) is 0.136. The van der Waals surface area contributed by atoms with Gasteiger partial charge in [0.25, 0.3) is 0 Å². The first kappa shape index (κ1) is 18.1. The molecule has 4 rings (SSSR count). The number of nitrogens with one attached hydrogen (secondary N) is 1. The van der Waals surface area contributed by atoms with E-state index in [2.05, 4.69) is 52.7 Å². The smallest absolute Gasteiger partial charge is 0.335 e. The van der Waals surface area contributed by atoms with Crippen LogP contribution in [0, 0.1) is 20.8 Å². The van der Waals surface area contributed by atoms with Crippen LogP contribution < -0.4 is 5.32 Å². The molecule has 0 atom stereocenters. The first-order chi connectivity index (χ1) is 13.4. The third kappa shape index (κ3) is 3.23. The Balaban J connectivity index is 1.86. The van der Waals surface area contributed by atoms with Crippen molar-refractivity contribution in [3.05, 3.63) is 70.4 Å². The summed E-state index contributed by atoms with van der Waals surface area (Å²) in [7, 11) is 0. The Morgan fingerprint density at radius 3 is 2.57 bits per heavy atom. The van der Waals surface area contributed by atoms with Crippen LogP contribution >= 0.6 is 11.3 Å². The number of hydrogen-bond acceptors (Lipinski definition) is 5. The normalized spacial score (nSPS) is 11.0. The zero-order valence-electron chi connectivity index (χ0n) is 15.8. The largest absolute Gasteiger partial charge is 0.478 e. The van der Waals surface area contributed by atoms with Gasteiger partial charge in [0, 0.05) is 16.6 Å². The summed E-state index contributed by atoms with van der Waals surface area (Å²) in [5.41, 5.74) is 6.53. The molecule has 5 nitrogen and oxygen atoms in total. The highest BCUT2D eigenvalue weighted by molar-refractivity contribution is 7.17. The first-order valence-corrected chi connectivity index (χ1v) is 9.73. The molecule has 0 saturated carbocycles. The van der Waals surface area contributed by atoms with E-state index in [4.69, 9.17) is 0 Å². The Kier molecular flexibility index (Phi) is 4.57. The molecule has 0 bridgehead atoms. The monoisotopic (exact) mass is 389 g/mol. The van der Waals surface area contributed by atoms with E-state index in [1.165, 1.54) is 17.5 Å². The molecule has 0 aliphatic carbocycles. The molecule has 2 N–H and O–H groups in total. The van der Waals surface area contributed by atoms with E-state index in [0.29, 0.717) is 5.82 Å². The second-order valence-corrected chi connectivity index (χ2v) is 7.69. The summed E-state index contributed by atoms with van der Waals surface area (Å²) in [6, 6.07) is 11.4. The topological polar surface area (TPSA) is 75.1 Å². The van der Waals surface area contributed by atoms with E-state index >= 15 is 0 Å². The number of hydrogen-bond donors (Lipinski definition) is 2. The average molecular weight is 389 g/mol. The lowest BCUT2D eigenvalue weighted by Crippen LogP contribution is -2.01. The van der Waals surface area contributed by atoms with Gasteiger partial charge in [0.2, 0.25) is 0 Å². The zero-order chi connectivity index (χ0) is 19.8. The molecular formula is C22H19N3O2S. The van der Waals surface area contributed by atoms with E-state index < -0.39 is 5.97 Å². The molecule has 140 valence electrons. The summed E-state index contributed by atoms with van der Waals surface area (Å²) in [5.74, 6) is -0.283. The van der Waals surface area contributed by atoms with Crippen molar-refractivity contribution < 1.29 is 9.90 Å². The Labute approximate surface area is 166 Å². The van der Waals surface area contributed by atoms with Crippen LogP contribution in [0.4, 0.5) is 11.5 Å². The lowest BCUT2D eigenvalue weighted by atomic mass is 9.99. The molecular weight excluding hydrogens is 370 g/mol. The second kappa shape index (κ2) is 7.05. The Hall–Kier alpha value is -3.25. The van der Waals surface area contributed by atoms with Crippen LogP contribution in [0.5, 0.6) is 0 Å². The van der Waals surface area contributed by atoms with Crippen LogP contribution in [0.3, 0.4) is 0 Å². The molecule has 6 heteroatoms. The number of nitrogens with zero attached hydrogens (tertiary/aromatic N) is 2. The summed E-state index contributed by atoms with van der Waals surface area (Å²) < 4.78 is 0. The number of anilines is 2. The van der Waals surface area contributed by atoms with E-state index in [1.807, 2.05) is 6.92 Å². The summed E-state index contributed by atoms with van der Waals surface area (Å²) in [5, 5.41) is 15.7. The van der Waals surface area contributed by atoms with Gasteiger partial charge in [-0.2, -0.15) is 0 Å². The van der Waals surface area contributed by atoms with Crippen molar-refractivity contribution in [1.29, 1.82) is 0 Å². The number of benzene rings is 2. The third-order valence-electron chi connectivity index (χ3n) is 4.78. The van der Waals surface area contributed by atoms with Gasteiger partial charge in [-0.25, -0.2) is 14.8 Å². The predicted molar refractivity (Wildman–Crippen MR) is 114 cm³/mol. The fourth-order valence-corrected chi connectivity index (χ4v) is 4.21. The number of aromatic nitrogens is 2. The van der Waals surface area contributed by atoms with Gasteiger partial charge in [0.15, 0.2) is 0 Å². The second-order valence-electron chi connectivity index (χ2n) is 6.83. The molecule has 0 aliphatic heterocycles. The van der Waals surface area contributed by atoms with Crippen molar-refractivity contribution in [1.82, 2.24) is 9.97 Å². The van der Waals surface area contributed by atoms with E-state index in [0.717, 1.165) is 32.6 Å². The molecule has 2 aromatic carbocycles. The minimum absolute atomic E-state index is 0.235. The molecule has 0 fully saturated rings. The molecule has 0 saturated heterocycles. The Morgan fingerprint density at radius 2 is 1.82 bits per heavy atom. The fourth-order valence-electron chi connectivity index (χ4n) is 3.30. The summed E-state index contributed by atoms with van der Waals surface area (Å²) in [4.78, 5) is 21.1. The number of carbonyl (C=O) groups is 1. The van der Waals surface area contributed by atoms with Gasteiger partial charge in [0.1, 0.15) is 17.0 Å². The van der Waals surface area contributed by atoms with Crippen molar-refractivity contribution in [2.24, 2.45) is 0 Å². The van der Waals surface area contributed by atoms with Crippen LogP contribution in [0.15, 0.2) is 48.1 Å². The van der Waals surface area contributed by atoms with Crippen molar-refractivity contribution in [3.63, 3.8) is 0 Å². The lowest BCUT2D eigenvalue weighted by Gasteiger charge is -2.12. The minimum Gasteiger partial charge on any atom is -0.478 e. The minimum atomic E-state index is -0.956. The highest BCUT2D eigenvalue weighted by Gasteiger charge is 2.16. The van der Waals surface area contributed by atoms with E-state index in [9.17, 15) is 9.90 Å². The lowest BCUT2D eigenvalue weighted by molar-refractivity contribution is 0.0697. The van der Waals surface area contributed by atoms with Crippen LogP contribution in [0.2, 0.25) is 0 Å². The molecule has 28 heavy (non-hydrogen) atoms. The average Bonchev–Trinajstić information content (AvgIpc) is 3.08. The number of carboxylic acid groups (broad SMARTS) is 1. The molecule has 0 unspecified atom stereocenters. The van der Waals surface area contributed by atoms with Crippen LogP contribution in [0.25, 0.3) is 21.3 Å². The maximum atomic E-state index is 11.3. The number of carboxylic acids is 1. The van der Waals surface area contributed by atoms with Gasteiger partial charge >= 0.3 is 5.97 Å². The van der Waals surface area contributed by atoms with E-state index in [-0.39, 0.29) is 5.56 Å². The van der Waals surface area contributed by atoms with Crippen molar-refractivity contribution in [2.45, 2.75) is 20.8 Å². The van der Waals surface area contributed by atoms with Crippen molar-refractivity contribution in [3.8, 4) is 11.1 Å². The Morgan fingerprint density at radius 1 is 1.00 bits per heavy atom. The summed E-state index contributed by atoms with van der Waals surface area (Å²) >= 11 is 1.57. The van der Waals surface area contributed by atoms with Crippen LogP contribution in [0.1, 0.15) is 27.0 Å². The zero-order valence-corrected chi connectivity index (χ0v) is 16.6. The quantitative estimate of drug-likeness (QED) is 0.466. The number of thiophene rings is 1. The Bertz CT molecular complexity index is 1210. The SMILES string of the molecule is Cc1ccc(-c2csc3ncnc(Nc4cc(C(=O)O)ccc4C)c23)c(C)c1. The van der Waals surface area contributed by atoms with E-state index in [1.54, 1.807) is 29.5 Å². The molecule has 0 amide bonds. The van der Waals surface area contributed by atoms with Gasteiger partial charge in [-0.3, -0.25) is 0 Å². The molecule has 2 heterocycles. The first-order valence-electron chi connectivity index (χ1n) is 8.85. The van der Waals surface area contributed by atoms with Crippen molar-refractivity contribution >= 4 is 39.0 Å². The summed E-state index contributed by atoms with van der Waals surface area (Å²) in [6.07, 6.45) is 1.53. The van der Waals surface area contributed by atoms with Gasteiger partial charge in [-0.05, 0) is 49.6 Å². The summed E-state index contributed by atoms with van der Waals surface area (Å²) in [6.45, 7) is 6.12. The standard InChI is InChI=1S/C22H19N3O2S/c1-12-4-7-16(14(3)8-12)17-10-28-21-19(17)20(23-11-24-21)25-18-9-15(22(26)27)6-5-13(18)2/h4-11H,1-3H3,(H,26,27)(H,23,24,25). The maximum absolute atomic E-state index is 11.3. The van der Waals surface area contributed by atoms with Crippen molar-refractivity contribution in [2.75, 3.05) is 5.32 Å². The van der Waals surface area contributed by atoms with Crippen LogP contribution in [-0.4, -0.2) is 21.0 Å². The molecule has 4 aromatic rings. The number of rotatable bonds is 4. The third-order valence-corrected chi connectivity index (χ3v) is 5.67. The molecule has 0 aliphatic rings. The molecule has 2 aromatic heterocycles. The van der Waals surface area contributed by atoms with Gasteiger partial charge in [-0.1, -0.05) is 29.8 Å². The number of aromatic carboxylic acids is 1. The van der Waals surface area contributed by atoms with Gasteiger partial charge in [-0.15, -0.1) is 11.3 Å². The molecule has 0 spiro atoms. The van der Waals surface area contributed by atoms with Crippen LogP contribution in [-0.2, 0) is 0 Å². The maximum Gasteiger partial charge on any atom is 0.335 e. The number of aryl methyl sites for hydroxylation is 3. The van der Waals surface area contributed by atoms with Gasteiger partial charge < -0.3 is 10.4 Å². The predicted octanol–water partition coefficient (Wildman–Crippen LogP) is 5.73. The van der Waals surface area contributed by atoms with Gasteiger partial charge in [0.05, 0.1) is 10.9 Å².